The molecule has 1 spiro atoms. The van der Waals surface area contributed by atoms with Crippen molar-refractivity contribution in [2.24, 2.45) is 0 Å². The van der Waals surface area contributed by atoms with Gasteiger partial charge in [0.15, 0.2) is 6.10 Å². The molecule has 0 aromatic heterocycles. The summed E-state index contributed by atoms with van der Waals surface area (Å²) >= 11 is 6.20. The quantitative estimate of drug-likeness (QED) is 0.459. The van der Waals surface area contributed by atoms with Crippen molar-refractivity contribution in [3.05, 3.63) is 101 Å². The predicted molar refractivity (Wildman–Crippen MR) is 112 cm³/mol. The van der Waals surface area contributed by atoms with Crippen molar-refractivity contribution < 1.29 is 19.1 Å². The second-order valence-electron chi connectivity index (χ2n) is 7.37. The van der Waals surface area contributed by atoms with Gasteiger partial charge in [0.1, 0.15) is 6.61 Å². The standard InChI is InChI=1S/C24H18ClNO4/c25-18-11-12-20-19(13-18)24(23(28)26(20)14-16-7-3-1-4-8-16)21(30-24)22(27)29-15-17-9-5-2-6-10-17/h1-13,21H,14-15H2/t21-,24+/m0/s1. The molecule has 0 aliphatic carbocycles. The normalized spacial score (nSPS) is 21.6. The number of carbonyl (C=O) groups excluding carboxylic acids is 2. The van der Waals surface area contributed by atoms with E-state index >= 15 is 0 Å². The second-order valence-corrected chi connectivity index (χ2v) is 7.80. The molecule has 6 heteroatoms. The Bertz CT molecular complexity index is 1120. The third-order valence-corrected chi connectivity index (χ3v) is 5.68. The van der Waals surface area contributed by atoms with Crippen molar-refractivity contribution in [2.45, 2.75) is 24.9 Å². The lowest BCUT2D eigenvalue weighted by molar-refractivity contribution is -0.146. The summed E-state index contributed by atoms with van der Waals surface area (Å²) in [5.41, 5.74) is 1.80. The van der Waals surface area contributed by atoms with Gasteiger partial charge in [-0.1, -0.05) is 72.3 Å². The highest BCUT2D eigenvalue weighted by Gasteiger charge is 2.73. The molecule has 5 rings (SSSR count). The van der Waals surface area contributed by atoms with Gasteiger partial charge in [-0.3, -0.25) is 4.79 Å². The fourth-order valence-corrected chi connectivity index (χ4v) is 4.10. The van der Waals surface area contributed by atoms with Crippen LogP contribution in [-0.2, 0) is 37.8 Å². The van der Waals surface area contributed by atoms with Crippen molar-refractivity contribution in [1.29, 1.82) is 0 Å². The zero-order chi connectivity index (χ0) is 20.7. The molecule has 1 amide bonds. The van der Waals surface area contributed by atoms with Crippen LogP contribution >= 0.6 is 11.6 Å². The van der Waals surface area contributed by atoms with E-state index in [-0.39, 0.29) is 12.5 Å². The summed E-state index contributed by atoms with van der Waals surface area (Å²) in [5, 5.41) is 0.481. The van der Waals surface area contributed by atoms with E-state index in [4.69, 9.17) is 21.1 Å². The van der Waals surface area contributed by atoms with E-state index in [2.05, 4.69) is 0 Å². The first-order chi connectivity index (χ1) is 14.6. The third-order valence-electron chi connectivity index (χ3n) is 5.45. The number of nitrogens with zero attached hydrogens (tertiary/aromatic N) is 1. The van der Waals surface area contributed by atoms with Crippen LogP contribution in [0, 0.1) is 0 Å². The topological polar surface area (TPSA) is 59.1 Å². The van der Waals surface area contributed by atoms with E-state index in [0.717, 1.165) is 11.1 Å². The molecule has 0 radical (unpaired) electrons. The van der Waals surface area contributed by atoms with E-state index < -0.39 is 17.7 Å². The number of rotatable bonds is 5. The van der Waals surface area contributed by atoms with Crippen molar-refractivity contribution in [3.8, 4) is 0 Å². The third kappa shape index (κ3) is 3.07. The fourth-order valence-electron chi connectivity index (χ4n) is 3.93. The number of fused-ring (bicyclic) bond motifs is 2. The van der Waals surface area contributed by atoms with E-state index in [0.29, 0.717) is 22.8 Å². The lowest BCUT2D eigenvalue weighted by Crippen LogP contribution is -2.35. The van der Waals surface area contributed by atoms with E-state index in [1.807, 2.05) is 60.7 Å². The van der Waals surface area contributed by atoms with Gasteiger partial charge in [-0.2, -0.15) is 0 Å². The molecule has 0 unspecified atom stereocenters. The maximum Gasteiger partial charge on any atom is 0.339 e. The van der Waals surface area contributed by atoms with Crippen LogP contribution in [0.2, 0.25) is 5.02 Å². The summed E-state index contributed by atoms with van der Waals surface area (Å²) in [6.45, 7) is 0.505. The van der Waals surface area contributed by atoms with E-state index in [9.17, 15) is 9.59 Å². The number of halogens is 1. The van der Waals surface area contributed by atoms with Gasteiger partial charge in [-0.25, -0.2) is 4.79 Å². The van der Waals surface area contributed by atoms with Crippen molar-refractivity contribution in [2.75, 3.05) is 4.90 Å². The maximum atomic E-state index is 13.4. The molecule has 2 heterocycles. The molecular weight excluding hydrogens is 402 g/mol. The van der Waals surface area contributed by atoms with Crippen molar-refractivity contribution in [3.63, 3.8) is 0 Å². The van der Waals surface area contributed by atoms with Crippen molar-refractivity contribution >= 4 is 29.2 Å². The zero-order valence-electron chi connectivity index (χ0n) is 16.0. The van der Waals surface area contributed by atoms with Gasteiger partial charge < -0.3 is 14.4 Å². The lowest BCUT2D eigenvalue weighted by atomic mass is 9.97. The first-order valence-electron chi connectivity index (χ1n) is 9.64. The summed E-state index contributed by atoms with van der Waals surface area (Å²) in [6, 6.07) is 24.3. The summed E-state index contributed by atoms with van der Waals surface area (Å²) in [7, 11) is 0. The molecule has 0 bridgehead atoms. The van der Waals surface area contributed by atoms with Crippen LogP contribution in [0.15, 0.2) is 78.9 Å². The van der Waals surface area contributed by atoms with Crippen LogP contribution in [0.25, 0.3) is 0 Å². The van der Waals surface area contributed by atoms with Crippen LogP contribution in [0.5, 0.6) is 0 Å². The zero-order valence-corrected chi connectivity index (χ0v) is 16.7. The van der Waals surface area contributed by atoms with Gasteiger partial charge >= 0.3 is 5.97 Å². The molecule has 3 aromatic carbocycles. The Kier molecular flexibility index (Phi) is 4.57. The highest BCUT2D eigenvalue weighted by Crippen LogP contribution is 2.57. The van der Waals surface area contributed by atoms with Crippen LogP contribution < -0.4 is 4.90 Å². The van der Waals surface area contributed by atoms with Gasteiger partial charge in [0, 0.05) is 10.6 Å². The lowest BCUT2D eigenvalue weighted by Gasteiger charge is -2.17. The number of carbonyl (C=O) groups is 2. The highest BCUT2D eigenvalue weighted by atomic mass is 35.5. The Morgan fingerprint density at radius 1 is 1.00 bits per heavy atom. The van der Waals surface area contributed by atoms with Gasteiger partial charge in [0.05, 0.1) is 12.2 Å². The van der Waals surface area contributed by atoms with Crippen LogP contribution in [-0.4, -0.2) is 18.0 Å². The molecule has 0 N–H and O–H groups in total. The minimum absolute atomic E-state index is 0.125. The van der Waals surface area contributed by atoms with Crippen LogP contribution in [0.4, 0.5) is 5.69 Å². The Balaban J connectivity index is 1.41. The molecule has 2 aliphatic rings. The Morgan fingerprint density at radius 3 is 2.37 bits per heavy atom. The highest BCUT2D eigenvalue weighted by molar-refractivity contribution is 6.31. The summed E-state index contributed by atoms with van der Waals surface area (Å²) in [4.78, 5) is 27.7. The Morgan fingerprint density at radius 2 is 1.67 bits per heavy atom. The van der Waals surface area contributed by atoms with E-state index in [1.165, 1.54) is 0 Å². The number of hydrogen-bond acceptors (Lipinski definition) is 4. The monoisotopic (exact) mass is 419 g/mol. The minimum Gasteiger partial charge on any atom is -0.459 e. The molecular formula is C24H18ClNO4. The molecule has 1 saturated heterocycles. The molecule has 1 fully saturated rings. The molecule has 30 heavy (non-hydrogen) atoms. The van der Waals surface area contributed by atoms with Gasteiger partial charge in [0.25, 0.3) is 5.91 Å². The van der Waals surface area contributed by atoms with Gasteiger partial charge in [-0.15, -0.1) is 0 Å². The Labute approximate surface area is 178 Å². The van der Waals surface area contributed by atoms with Crippen molar-refractivity contribution in [1.82, 2.24) is 0 Å². The summed E-state index contributed by atoms with van der Waals surface area (Å²) in [5.74, 6) is -0.829. The SMILES string of the molecule is O=C(OCc1ccccc1)[C@@H]1O[C@@]12C(=O)N(Cc1ccccc1)c1ccc(Cl)cc12. The maximum absolute atomic E-state index is 13.4. The van der Waals surface area contributed by atoms with Crippen LogP contribution in [0.1, 0.15) is 16.7 Å². The number of epoxide rings is 1. The Hall–Kier alpha value is -3.15. The van der Waals surface area contributed by atoms with Crippen LogP contribution in [0.3, 0.4) is 0 Å². The fraction of sp³-hybridized carbons (Fsp3) is 0.167. The molecule has 2 atom stereocenters. The molecule has 3 aromatic rings. The molecule has 2 aliphatic heterocycles. The first-order valence-corrected chi connectivity index (χ1v) is 10.0. The average Bonchev–Trinajstić information content (AvgIpc) is 3.49. The minimum atomic E-state index is -1.36. The number of ether oxygens (including phenoxy) is 2. The predicted octanol–water partition coefficient (Wildman–Crippen LogP) is 4.22. The summed E-state index contributed by atoms with van der Waals surface area (Å²) < 4.78 is 11.2. The van der Waals surface area contributed by atoms with Gasteiger partial charge in [-0.05, 0) is 29.3 Å². The smallest absolute Gasteiger partial charge is 0.339 e. The second kappa shape index (κ2) is 7.27. The first kappa shape index (κ1) is 18.9. The summed E-state index contributed by atoms with van der Waals surface area (Å²) in [6.07, 6.45) is -0.980. The molecule has 0 saturated carbocycles. The number of amides is 1. The molecule has 150 valence electrons. The largest absolute Gasteiger partial charge is 0.459 e. The number of esters is 1. The van der Waals surface area contributed by atoms with Gasteiger partial charge in [0.2, 0.25) is 5.60 Å². The number of anilines is 1. The number of hydrogen-bond donors (Lipinski definition) is 0. The van der Waals surface area contributed by atoms with E-state index in [1.54, 1.807) is 23.1 Å². The average molecular weight is 420 g/mol. The molecule has 5 nitrogen and oxygen atoms in total. The number of benzene rings is 3.